The van der Waals surface area contributed by atoms with Crippen LogP contribution in [0.5, 0.6) is 5.75 Å². The summed E-state index contributed by atoms with van der Waals surface area (Å²) in [5.41, 5.74) is 1.18. The molecule has 2 aromatic rings. The van der Waals surface area contributed by atoms with E-state index in [9.17, 15) is 14.7 Å². The largest absolute Gasteiger partial charge is 0.508 e. The van der Waals surface area contributed by atoms with Crippen molar-refractivity contribution in [2.24, 2.45) is 0 Å². The zero-order valence-corrected chi connectivity index (χ0v) is 13.4. The molecule has 0 spiro atoms. The Bertz CT molecular complexity index is 730. The van der Waals surface area contributed by atoms with Crippen LogP contribution in [0.25, 0.3) is 11.0 Å². The normalized spacial score (nSPS) is 15.3. The summed E-state index contributed by atoms with van der Waals surface area (Å²) in [5.74, 6) is -0.632. The van der Waals surface area contributed by atoms with Gasteiger partial charge in [-0.15, -0.1) is 0 Å². The first kappa shape index (κ1) is 16.4. The van der Waals surface area contributed by atoms with Crippen LogP contribution in [0.1, 0.15) is 37.7 Å². The van der Waals surface area contributed by atoms with E-state index < -0.39 is 5.97 Å². The quantitative estimate of drug-likeness (QED) is 0.822. The zero-order valence-electron chi connectivity index (χ0n) is 13.4. The number of amides is 1. The molecule has 1 saturated carbocycles. The SMILES string of the molecule is O=C(COC(=O)Cc1coc2cc(O)ccc12)NC1CCCCC1. The fourth-order valence-electron chi connectivity index (χ4n) is 3.08. The molecule has 0 bridgehead atoms. The van der Waals surface area contributed by atoms with Crippen LogP contribution in [0.3, 0.4) is 0 Å². The van der Waals surface area contributed by atoms with Crippen LogP contribution < -0.4 is 5.32 Å². The highest BCUT2D eigenvalue weighted by Gasteiger charge is 2.17. The third kappa shape index (κ3) is 4.07. The molecule has 128 valence electrons. The van der Waals surface area contributed by atoms with Crippen molar-refractivity contribution in [2.75, 3.05) is 6.61 Å². The van der Waals surface area contributed by atoms with Gasteiger partial charge in [0.1, 0.15) is 11.3 Å². The summed E-state index contributed by atoms with van der Waals surface area (Å²) in [5, 5.41) is 13.1. The van der Waals surface area contributed by atoms with E-state index in [0.29, 0.717) is 11.1 Å². The number of aromatic hydroxyl groups is 1. The minimum atomic E-state index is -0.482. The smallest absolute Gasteiger partial charge is 0.310 e. The minimum Gasteiger partial charge on any atom is -0.508 e. The van der Waals surface area contributed by atoms with E-state index in [1.165, 1.54) is 24.8 Å². The Labute approximate surface area is 139 Å². The molecule has 1 aliphatic carbocycles. The number of esters is 1. The lowest BCUT2D eigenvalue weighted by Crippen LogP contribution is -2.38. The highest BCUT2D eigenvalue weighted by Crippen LogP contribution is 2.25. The maximum Gasteiger partial charge on any atom is 0.310 e. The highest BCUT2D eigenvalue weighted by molar-refractivity contribution is 5.87. The van der Waals surface area contributed by atoms with Gasteiger partial charge in [0.2, 0.25) is 0 Å². The van der Waals surface area contributed by atoms with Crippen molar-refractivity contribution in [3.63, 3.8) is 0 Å². The van der Waals surface area contributed by atoms with Crippen LogP contribution in [0, 0.1) is 0 Å². The van der Waals surface area contributed by atoms with E-state index in [-0.39, 0.29) is 30.7 Å². The molecule has 1 aromatic carbocycles. The molecular weight excluding hydrogens is 310 g/mol. The standard InChI is InChI=1S/C18H21NO5/c20-14-6-7-15-12(10-23-16(15)9-14)8-18(22)24-11-17(21)19-13-4-2-1-3-5-13/h6-7,9-10,13,20H,1-5,8,11H2,(H,19,21). The number of rotatable bonds is 5. The van der Waals surface area contributed by atoms with Crippen LogP contribution in [0.2, 0.25) is 0 Å². The first-order valence-corrected chi connectivity index (χ1v) is 8.26. The molecule has 1 amide bonds. The van der Waals surface area contributed by atoms with Crippen LogP contribution in [0.4, 0.5) is 0 Å². The molecule has 0 aliphatic heterocycles. The Morgan fingerprint density at radius 3 is 2.83 bits per heavy atom. The van der Waals surface area contributed by atoms with Crippen LogP contribution in [0.15, 0.2) is 28.9 Å². The average molecular weight is 331 g/mol. The van der Waals surface area contributed by atoms with Crippen LogP contribution in [-0.2, 0) is 20.7 Å². The summed E-state index contributed by atoms with van der Waals surface area (Å²) < 4.78 is 10.4. The lowest BCUT2D eigenvalue weighted by atomic mass is 9.95. The molecule has 6 heteroatoms. The van der Waals surface area contributed by atoms with E-state index in [1.807, 2.05) is 0 Å². The van der Waals surface area contributed by atoms with Crippen LogP contribution >= 0.6 is 0 Å². The fourth-order valence-corrected chi connectivity index (χ4v) is 3.08. The Morgan fingerprint density at radius 2 is 2.04 bits per heavy atom. The van der Waals surface area contributed by atoms with Gasteiger partial charge in [0, 0.05) is 23.1 Å². The second-order valence-corrected chi connectivity index (χ2v) is 6.18. The highest BCUT2D eigenvalue weighted by atomic mass is 16.5. The van der Waals surface area contributed by atoms with Crippen molar-refractivity contribution in [2.45, 2.75) is 44.6 Å². The molecule has 0 atom stereocenters. The van der Waals surface area contributed by atoms with Gasteiger partial charge in [0.25, 0.3) is 5.91 Å². The molecule has 0 saturated heterocycles. The maximum absolute atomic E-state index is 11.9. The van der Waals surface area contributed by atoms with Crippen molar-refractivity contribution in [3.8, 4) is 5.75 Å². The molecule has 0 unspecified atom stereocenters. The minimum absolute atomic E-state index is 0.0223. The van der Waals surface area contributed by atoms with Crippen molar-refractivity contribution in [1.82, 2.24) is 5.32 Å². The number of benzene rings is 1. The van der Waals surface area contributed by atoms with Gasteiger partial charge in [-0.05, 0) is 25.0 Å². The molecule has 2 N–H and O–H groups in total. The number of hydrogen-bond donors (Lipinski definition) is 2. The summed E-state index contributed by atoms with van der Waals surface area (Å²) in [6.45, 7) is -0.258. The molecule has 24 heavy (non-hydrogen) atoms. The maximum atomic E-state index is 11.9. The molecule has 0 radical (unpaired) electrons. The summed E-state index contributed by atoms with van der Waals surface area (Å²) in [4.78, 5) is 23.8. The van der Waals surface area contributed by atoms with Gasteiger partial charge in [0.05, 0.1) is 12.7 Å². The van der Waals surface area contributed by atoms with E-state index in [2.05, 4.69) is 5.32 Å². The molecular formula is C18H21NO5. The fraction of sp³-hybridized carbons (Fsp3) is 0.444. The molecule has 1 aliphatic rings. The first-order valence-electron chi connectivity index (χ1n) is 8.26. The Hall–Kier alpha value is -2.50. The lowest BCUT2D eigenvalue weighted by Gasteiger charge is -2.22. The topological polar surface area (TPSA) is 88.8 Å². The number of phenols is 1. The number of furan rings is 1. The summed E-state index contributed by atoms with van der Waals surface area (Å²) >= 11 is 0. The second-order valence-electron chi connectivity index (χ2n) is 6.18. The molecule has 1 fully saturated rings. The second kappa shape index (κ2) is 7.38. The van der Waals surface area contributed by atoms with Gasteiger partial charge in [-0.3, -0.25) is 9.59 Å². The van der Waals surface area contributed by atoms with Gasteiger partial charge in [-0.2, -0.15) is 0 Å². The van der Waals surface area contributed by atoms with Gasteiger partial charge < -0.3 is 19.6 Å². The van der Waals surface area contributed by atoms with E-state index >= 15 is 0 Å². The van der Waals surface area contributed by atoms with Gasteiger partial charge >= 0.3 is 5.97 Å². The number of nitrogens with one attached hydrogen (secondary N) is 1. The number of carbonyl (C=O) groups excluding carboxylic acids is 2. The van der Waals surface area contributed by atoms with Crippen LogP contribution in [-0.4, -0.2) is 29.6 Å². The Morgan fingerprint density at radius 1 is 1.25 bits per heavy atom. The zero-order chi connectivity index (χ0) is 16.9. The third-order valence-corrected chi connectivity index (χ3v) is 4.31. The summed E-state index contributed by atoms with van der Waals surface area (Å²) in [6.07, 6.45) is 6.96. The summed E-state index contributed by atoms with van der Waals surface area (Å²) in [6, 6.07) is 4.91. The summed E-state index contributed by atoms with van der Waals surface area (Å²) in [7, 11) is 0. The van der Waals surface area contributed by atoms with E-state index in [0.717, 1.165) is 31.1 Å². The Balaban J connectivity index is 1.48. The average Bonchev–Trinajstić information content (AvgIpc) is 2.96. The predicted molar refractivity (Wildman–Crippen MR) is 87.6 cm³/mol. The molecule has 1 heterocycles. The predicted octanol–water partition coefficient (Wildman–Crippen LogP) is 2.67. The van der Waals surface area contributed by atoms with Crippen molar-refractivity contribution in [1.29, 1.82) is 0 Å². The number of carbonyl (C=O) groups is 2. The number of hydrogen-bond acceptors (Lipinski definition) is 5. The molecule has 3 rings (SSSR count). The van der Waals surface area contributed by atoms with E-state index in [4.69, 9.17) is 9.15 Å². The van der Waals surface area contributed by atoms with Gasteiger partial charge in [-0.25, -0.2) is 0 Å². The third-order valence-electron chi connectivity index (χ3n) is 4.31. The number of fused-ring (bicyclic) bond motifs is 1. The first-order chi connectivity index (χ1) is 11.6. The molecule has 1 aromatic heterocycles. The Kier molecular flexibility index (Phi) is 5.03. The van der Waals surface area contributed by atoms with Gasteiger partial charge in [0.15, 0.2) is 6.61 Å². The van der Waals surface area contributed by atoms with Gasteiger partial charge in [-0.1, -0.05) is 19.3 Å². The number of ether oxygens (including phenoxy) is 1. The van der Waals surface area contributed by atoms with E-state index in [1.54, 1.807) is 6.07 Å². The lowest BCUT2D eigenvalue weighted by molar-refractivity contribution is -0.148. The molecule has 6 nitrogen and oxygen atoms in total. The number of phenolic OH excluding ortho intramolecular Hbond substituents is 1. The van der Waals surface area contributed by atoms with Crippen molar-refractivity contribution >= 4 is 22.8 Å². The van der Waals surface area contributed by atoms with Crippen molar-refractivity contribution < 1.29 is 23.8 Å². The monoisotopic (exact) mass is 331 g/mol. The van der Waals surface area contributed by atoms with Crippen molar-refractivity contribution in [3.05, 3.63) is 30.0 Å².